The fraction of sp³-hybridized carbons (Fsp3) is 0.259. The zero-order chi connectivity index (χ0) is 26.8. The number of ether oxygens (including phenoxy) is 1. The molecule has 0 bridgehead atoms. The predicted molar refractivity (Wildman–Crippen MR) is 139 cm³/mol. The van der Waals surface area contributed by atoms with Crippen LogP contribution in [-0.2, 0) is 14.8 Å². The molecular weight excluding hydrogens is 497 g/mol. The molecule has 1 heterocycles. The monoisotopic (exact) mass is 525 g/mol. The van der Waals surface area contributed by atoms with Crippen molar-refractivity contribution in [3.05, 3.63) is 95.3 Å². The molecule has 3 aromatic carbocycles. The summed E-state index contributed by atoms with van der Waals surface area (Å²) >= 11 is 0. The molecule has 0 fully saturated rings. The highest BCUT2D eigenvalue weighted by molar-refractivity contribution is 7.90. The number of halogens is 1. The molecule has 3 aromatic rings. The summed E-state index contributed by atoms with van der Waals surface area (Å²) in [6.45, 7) is 3.04. The Bertz CT molecular complexity index is 1420. The minimum atomic E-state index is -4.09. The van der Waals surface area contributed by atoms with Crippen LogP contribution in [0.5, 0.6) is 0 Å². The number of carbonyl (C=O) groups is 1. The number of amides is 1. The molecule has 10 heteroatoms. The van der Waals surface area contributed by atoms with Gasteiger partial charge in [0.05, 0.1) is 6.04 Å². The van der Waals surface area contributed by atoms with Gasteiger partial charge >= 0.3 is 6.02 Å². The number of nitrogens with zero attached hydrogens (tertiary/aromatic N) is 1. The smallest absolute Gasteiger partial charge is 0.301 e. The molecule has 0 radical (unpaired) electrons. The lowest BCUT2D eigenvalue weighted by Gasteiger charge is -2.38. The first-order valence-electron chi connectivity index (χ1n) is 11.7. The summed E-state index contributed by atoms with van der Waals surface area (Å²) < 4.78 is 50.9. The van der Waals surface area contributed by atoms with Crippen LogP contribution in [0.4, 0.5) is 4.39 Å². The van der Waals surface area contributed by atoms with Crippen LogP contribution in [0, 0.1) is 5.82 Å². The van der Waals surface area contributed by atoms with Gasteiger partial charge < -0.3 is 20.9 Å². The van der Waals surface area contributed by atoms with E-state index in [9.17, 15) is 22.7 Å². The third-order valence-corrected chi connectivity index (χ3v) is 8.07. The minimum Gasteiger partial charge on any atom is -0.457 e. The molecule has 0 spiro atoms. The van der Waals surface area contributed by atoms with E-state index in [1.54, 1.807) is 80.6 Å². The Morgan fingerprint density at radius 1 is 1.08 bits per heavy atom. The van der Waals surface area contributed by atoms with Crippen LogP contribution in [-0.4, -0.2) is 37.7 Å². The molecule has 1 aliphatic heterocycles. The van der Waals surface area contributed by atoms with Crippen LogP contribution in [0.3, 0.4) is 0 Å². The summed E-state index contributed by atoms with van der Waals surface area (Å²) in [7, 11) is -4.09. The Hall–Kier alpha value is -3.76. The quantitative estimate of drug-likeness (QED) is 0.430. The number of aliphatic hydroxyl groups excluding tert-OH is 1. The lowest BCUT2D eigenvalue weighted by Crippen LogP contribution is -2.47. The van der Waals surface area contributed by atoms with Gasteiger partial charge in [-0.15, -0.1) is 4.40 Å². The summed E-state index contributed by atoms with van der Waals surface area (Å²) in [6.07, 6.45) is 0.120. The second-order valence-electron chi connectivity index (χ2n) is 9.29. The van der Waals surface area contributed by atoms with Gasteiger partial charge in [-0.2, -0.15) is 0 Å². The minimum absolute atomic E-state index is 0.120. The van der Waals surface area contributed by atoms with Gasteiger partial charge in [0.25, 0.3) is 10.0 Å². The number of aliphatic hydroxyl groups is 1. The van der Waals surface area contributed by atoms with Crippen molar-refractivity contribution in [2.75, 3.05) is 6.61 Å². The van der Waals surface area contributed by atoms with Crippen molar-refractivity contribution in [2.45, 2.75) is 37.2 Å². The van der Waals surface area contributed by atoms with Gasteiger partial charge in [0.15, 0.2) is 0 Å². The number of rotatable bonds is 7. The Balaban J connectivity index is 1.61. The van der Waals surface area contributed by atoms with E-state index in [0.717, 1.165) is 11.1 Å². The largest absolute Gasteiger partial charge is 0.457 e. The number of sulfonamides is 1. The fourth-order valence-corrected chi connectivity index (χ4v) is 6.19. The molecule has 0 aliphatic carbocycles. The van der Waals surface area contributed by atoms with Crippen molar-refractivity contribution >= 4 is 22.0 Å². The van der Waals surface area contributed by atoms with Crippen LogP contribution < -0.4 is 11.1 Å². The molecule has 1 aliphatic rings. The Morgan fingerprint density at radius 3 is 2.22 bits per heavy atom. The van der Waals surface area contributed by atoms with Crippen molar-refractivity contribution in [2.24, 2.45) is 10.1 Å². The zero-order valence-corrected chi connectivity index (χ0v) is 21.2. The van der Waals surface area contributed by atoms with E-state index in [1.165, 1.54) is 6.07 Å². The summed E-state index contributed by atoms with van der Waals surface area (Å²) in [5.41, 5.74) is 6.89. The number of carbonyl (C=O) groups excluding carboxylic acids is 1. The van der Waals surface area contributed by atoms with Crippen molar-refractivity contribution in [1.29, 1.82) is 0 Å². The van der Waals surface area contributed by atoms with Crippen LogP contribution in [0.15, 0.2) is 77.2 Å². The standard InChI is InChI=1S/C27H28FN3O5S/c1-27(2)24(19-11-7-17(8-12-19)18-9-13-20(14-10-18)25(29)33)37(34,35)31-26(36-27)30-23(15-16-32)21-5-3-4-6-22(21)28/h3-14,23-24,32H,15-16H2,1-2H3,(H2,29,33)(H,30,31)/t23-,24?/m0/s1. The van der Waals surface area contributed by atoms with E-state index in [-0.39, 0.29) is 24.6 Å². The molecule has 4 N–H and O–H groups in total. The van der Waals surface area contributed by atoms with E-state index in [2.05, 4.69) is 9.71 Å². The van der Waals surface area contributed by atoms with E-state index >= 15 is 0 Å². The third kappa shape index (κ3) is 5.65. The molecule has 1 amide bonds. The van der Waals surface area contributed by atoms with Crippen LogP contribution >= 0.6 is 0 Å². The molecule has 2 atom stereocenters. The van der Waals surface area contributed by atoms with Gasteiger partial charge in [0.1, 0.15) is 16.7 Å². The Kier molecular flexibility index (Phi) is 7.33. The first-order chi connectivity index (χ1) is 17.5. The number of nitrogens with two attached hydrogens (primary N) is 1. The second kappa shape index (κ2) is 10.3. The molecule has 0 saturated heterocycles. The first kappa shape index (κ1) is 26.3. The van der Waals surface area contributed by atoms with Gasteiger partial charge in [0, 0.05) is 17.7 Å². The maximum Gasteiger partial charge on any atom is 0.301 e. The molecule has 194 valence electrons. The van der Waals surface area contributed by atoms with Gasteiger partial charge in [0.2, 0.25) is 5.91 Å². The van der Waals surface area contributed by atoms with Crippen molar-refractivity contribution in [3.63, 3.8) is 0 Å². The Labute approximate surface area is 215 Å². The Morgan fingerprint density at radius 2 is 1.68 bits per heavy atom. The van der Waals surface area contributed by atoms with Crippen molar-refractivity contribution in [3.8, 4) is 11.1 Å². The number of hydrogen-bond donors (Lipinski definition) is 3. The second-order valence-corrected chi connectivity index (χ2v) is 11.0. The van der Waals surface area contributed by atoms with Crippen LogP contribution in [0.25, 0.3) is 11.1 Å². The average Bonchev–Trinajstić information content (AvgIpc) is 2.83. The average molecular weight is 526 g/mol. The molecule has 0 aromatic heterocycles. The topological polar surface area (TPSA) is 131 Å². The molecule has 8 nitrogen and oxygen atoms in total. The highest BCUT2D eigenvalue weighted by atomic mass is 32.2. The first-order valence-corrected chi connectivity index (χ1v) is 13.2. The highest BCUT2D eigenvalue weighted by Gasteiger charge is 2.47. The molecule has 0 saturated carbocycles. The fourth-order valence-electron chi connectivity index (χ4n) is 4.50. The van der Waals surface area contributed by atoms with E-state index in [1.807, 2.05) is 0 Å². The maximum absolute atomic E-state index is 14.4. The summed E-state index contributed by atoms with van der Waals surface area (Å²) in [5, 5.41) is 11.2. The van der Waals surface area contributed by atoms with Gasteiger partial charge in [-0.25, -0.2) is 12.8 Å². The number of benzene rings is 3. The normalized spacial score (nSPS) is 18.8. The van der Waals surface area contributed by atoms with Gasteiger partial charge in [-0.05, 0) is 55.2 Å². The predicted octanol–water partition coefficient (Wildman–Crippen LogP) is 3.84. The lowest BCUT2D eigenvalue weighted by atomic mass is 9.95. The molecule has 4 rings (SSSR count). The van der Waals surface area contributed by atoms with Crippen molar-refractivity contribution < 1.29 is 27.4 Å². The molecular formula is C27H28FN3O5S. The van der Waals surface area contributed by atoms with Gasteiger partial charge in [-0.1, -0.05) is 54.6 Å². The summed E-state index contributed by atoms with van der Waals surface area (Å²) in [5.74, 6) is -1.01. The lowest BCUT2D eigenvalue weighted by molar-refractivity contribution is 0.0759. The number of amidine groups is 1. The van der Waals surface area contributed by atoms with Crippen LogP contribution in [0.2, 0.25) is 0 Å². The SMILES string of the molecule is CC1(C)OC(N[C@@H](CCO)c2ccccc2F)=NS(=O)(=O)C1c1ccc(-c2ccc(C(N)=O)cc2)cc1. The molecule has 1 unspecified atom stereocenters. The third-order valence-electron chi connectivity index (χ3n) is 6.21. The van der Waals surface area contributed by atoms with E-state index in [4.69, 9.17) is 10.5 Å². The zero-order valence-electron chi connectivity index (χ0n) is 20.4. The highest BCUT2D eigenvalue weighted by Crippen LogP contribution is 2.41. The number of primary amides is 1. The van der Waals surface area contributed by atoms with E-state index in [0.29, 0.717) is 11.1 Å². The van der Waals surface area contributed by atoms with Gasteiger partial charge in [-0.3, -0.25) is 4.79 Å². The maximum atomic E-state index is 14.4. The number of nitrogens with one attached hydrogen (secondary N) is 1. The number of hydrogen-bond acceptors (Lipinski definition) is 6. The molecule has 37 heavy (non-hydrogen) atoms. The van der Waals surface area contributed by atoms with Crippen molar-refractivity contribution in [1.82, 2.24) is 5.32 Å². The summed E-state index contributed by atoms with van der Waals surface area (Å²) in [4.78, 5) is 11.3. The van der Waals surface area contributed by atoms with Crippen LogP contribution in [0.1, 0.15) is 53.0 Å². The van der Waals surface area contributed by atoms with E-state index < -0.39 is 38.6 Å². The summed E-state index contributed by atoms with van der Waals surface area (Å²) in [6, 6.07) is 18.8.